The number of benzene rings is 3. The van der Waals surface area contributed by atoms with E-state index in [1.54, 1.807) is 13.0 Å². The van der Waals surface area contributed by atoms with Crippen molar-refractivity contribution in [3.63, 3.8) is 0 Å². The lowest BCUT2D eigenvalue weighted by atomic mass is 9.98. The Bertz CT molecular complexity index is 1340. The average Bonchev–Trinajstić information content (AvgIpc) is 2.80. The van der Waals surface area contributed by atoms with Crippen LogP contribution in [0.4, 0.5) is 32.4 Å². The van der Waals surface area contributed by atoms with Gasteiger partial charge in [0.05, 0.1) is 18.3 Å². The van der Waals surface area contributed by atoms with Crippen molar-refractivity contribution >= 4 is 29.2 Å². The summed E-state index contributed by atoms with van der Waals surface area (Å²) in [6, 6.07) is 6.28. The van der Waals surface area contributed by atoms with Gasteiger partial charge in [0.2, 0.25) is 0 Å². The lowest BCUT2D eigenvalue weighted by Crippen LogP contribution is -2.47. The molecule has 0 saturated carbocycles. The molecule has 4 rings (SSSR count). The van der Waals surface area contributed by atoms with Crippen LogP contribution in [0.1, 0.15) is 40.0 Å². The van der Waals surface area contributed by atoms with Crippen LogP contribution in [-0.2, 0) is 13.1 Å². The topological polar surface area (TPSA) is 52.7 Å². The third-order valence-electron chi connectivity index (χ3n) is 6.10. The first-order valence-corrected chi connectivity index (χ1v) is 11.1. The summed E-state index contributed by atoms with van der Waals surface area (Å²) in [6.07, 6.45) is 0. The van der Waals surface area contributed by atoms with E-state index in [0.29, 0.717) is 17.7 Å². The smallest absolute Gasteiger partial charge is 0.325 e. The van der Waals surface area contributed by atoms with Crippen molar-refractivity contribution in [1.82, 2.24) is 10.2 Å². The SMILES string of the molecule is CC1c2ccc(C(=O)NCc3c(F)cc(F)cc3F)cc2N(Cc2c(F)cc(Cl)cc2F)C(=O)N1C. The Morgan fingerprint density at radius 3 is 2.14 bits per heavy atom. The normalized spacial score (nSPS) is 15.2. The first-order chi connectivity index (χ1) is 17.0. The van der Waals surface area contributed by atoms with Crippen molar-refractivity contribution in [2.75, 3.05) is 11.9 Å². The maximum atomic E-state index is 14.5. The number of fused-ring (bicyclic) bond motifs is 1. The van der Waals surface area contributed by atoms with E-state index in [4.69, 9.17) is 11.6 Å². The third kappa shape index (κ3) is 4.73. The van der Waals surface area contributed by atoms with Crippen molar-refractivity contribution in [3.05, 3.63) is 98.8 Å². The molecule has 11 heteroatoms. The van der Waals surface area contributed by atoms with E-state index in [2.05, 4.69) is 5.32 Å². The molecule has 3 aromatic carbocycles. The molecule has 0 spiro atoms. The Balaban J connectivity index is 1.66. The van der Waals surface area contributed by atoms with Gasteiger partial charge in [0.1, 0.15) is 29.1 Å². The van der Waals surface area contributed by atoms with Crippen LogP contribution in [0.3, 0.4) is 0 Å². The summed E-state index contributed by atoms with van der Waals surface area (Å²) in [5.41, 5.74) is -0.0318. The van der Waals surface area contributed by atoms with Gasteiger partial charge in [-0.3, -0.25) is 9.69 Å². The quantitative estimate of drug-likeness (QED) is 0.411. The number of amides is 3. The highest BCUT2D eigenvalue weighted by molar-refractivity contribution is 6.30. The van der Waals surface area contributed by atoms with E-state index in [0.717, 1.165) is 17.0 Å². The van der Waals surface area contributed by atoms with Gasteiger partial charge in [0.15, 0.2) is 0 Å². The Labute approximate surface area is 208 Å². The van der Waals surface area contributed by atoms with Crippen LogP contribution in [0.2, 0.25) is 5.02 Å². The summed E-state index contributed by atoms with van der Waals surface area (Å²) in [6.45, 7) is 0.711. The molecule has 3 aromatic rings. The van der Waals surface area contributed by atoms with Crippen molar-refractivity contribution in [2.45, 2.75) is 26.1 Å². The molecule has 1 N–H and O–H groups in total. The predicted molar refractivity (Wildman–Crippen MR) is 123 cm³/mol. The minimum atomic E-state index is -1.15. The maximum absolute atomic E-state index is 14.5. The van der Waals surface area contributed by atoms with Gasteiger partial charge in [0, 0.05) is 47.4 Å². The number of carbonyl (C=O) groups excluding carboxylic acids is 2. The lowest BCUT2D eigenvalue weighted by molar-refractivity contribution is 0.0950. The first-order valence-electron chi connectivity index (χ1n) is 10.7. The van der Waals surface area contributed by atoms with E-state index >= 15 is 0 Å². The Hall–Kier alpha value is -3.66. The van der Waals surface area contributed by atoms with Crippen molar-refractivity contribution in [3.8, 4) is 0 Å². The molecule has 1 atom stereocenters. The molecule has 0 aromatic heterocycles. The molecular weight excluding hydrogens is 505 g/mol. The molecule has 0 saturated heterocycles. The lowest BCUT2D eigenvalue weighted by Gasteiger charge is -2.39. The fraction of sp³-hybridized carbons (Fsp3) is 0.200. The van der Waals surface area contributed by atoms with Crippen LogP contribution in [-0.4, -0.2) is 23.9 Å². The highest BCUT2D eigenvalue weighted by Crippen LogP contribution is 2.38. The fourth-order valence-electron chi connectivity index (χ4n) is 3.99. The fourth-order valence-corrected chi connectivity index (χ4v) is 4.18. The van der Waals surface area contributed by atoms with Crippen LogP contribution >= 0.6 is 11.6 Å². The van der Waals surface area contributed by atoms with E-state index < -0.39 is 71.3 Å². The third-order valence-corrected chi connectivity index (χ3v) is 6.32. The van der Waals surface area contributed by atoms with E-state index in [1.165, 1.54) is 24.1 Å². The molecular formula is C25H19ClF5N3O2. The number of rotatable bonds is 5. The number of urea groups is 1. The molecule has 1 unspecified atom stereocenters. The Morgan fingerprint density at radius 1 is 0.944 bits per heavy atom. The standard InChI is InChI=1S/C25H19ClF5N3O2/c1-12-16-4-3-13(24(35)32-10-17-21(30)8-15(27)9-22(17)31)5-23(16)34(25(36)33(12)2)11-18-19(28)6-14(26)7-20(18)29/h3-9,12H,10-11H2,1-2H3,(H,32,35). The van der Waals surface area contributed by atoms with Crippen molar-refractivity contribution in [1.29, 1.82) is 0 Å². The molecule has 0 fully saturated rings. The second-order valence-corrected chi connectivity index (χ2v) is 8.74. The maximum Gasteiger partial charge on any atom is 0.325 e. The highest BCUT2D eigenvalue weighted by Gasteiger charge is 2.34. The van der Waals surface area contributed by atoms with Gasteiger partial charge in [0.25, 0.3) is 5.91 Å². The first kappa shape index (κ1) is 25.4. The van der Waals surface area contributed by atoms with Gasteiger partial charge in [-0.15, -0.1) is 0 Å². The number of nitrogens with one attached hydrogen (secondary N) is 1. The molecule has 0 radical (unpaired) electrons. The van der Waals surface area contributed by atoms with Crippen LogP contribution in [0.15, 0.2) is 42.5 Å². The Kier molecular flexibility index (Phi) is 6.90. The van der Waals surface area contributed by atoms with Gasteiger partial charge in [-0.1, -0.05) is 17.7 Å². The molecule has 188 valence electrons. The molecule has 1 aliphatic heterocycles. The summed E-state index contributed by atoms with van der Waals surface area (Å²) in [5, 5.41) is 2.21. The van der Waals surface area contributed by atoms with Crippen molar-refractivity contribution < 1.29 is 31.5 Å². The van der Waals surface area contributed by atoms with Gasteiger partial charge < -0.3 is 10.2 Å². The average molecular weight is 524 g/mol. The summed E-state index contributed by atoms with van der Waals surface area (Å²) >= 11 is 5.70. The summed E-state index contributed by atoms with van der Waals surface area (Å²) < 4.78 is 69.9. The van der Waals surface area contributed by atoms with Gasteiger partial charge in [-0.2, -0.15) is 0 Å². The highest BCUT2D eigenvalue weighted by atomic mass is 35.5. The van der Waals surface area contributed by atoms with Crippen LogP contribution in [0.25, 0.3) is 0 Å². The monoisotopic (exact) mass is 523 g/mol. The Morgan fingerprint density at radius 2 is 1.53 bits per heavy atom. The summed E-state index contributed by atoms with van der Waals surface area (Å²) in [5.74, 6) is -6.01. The van der Waals surface area contributed by atoms with E-state index in [-0.39, 0.29) is 16.3 Å². The number of nitrogens with zero attached hydrogens (tertiary/aromatic N) is 2. The van der Waals surface area contributed by atoms with Crippen molar-refractivity contribution in [2.24, 2.45) is 0 Å². The van der Waals surface area contributed by atoms with Crippen LogP contribution in [0, 0.1) is 29.1 Å². The van der Waals surface area contributed by atoms with Gasteiger partial charge >= 0.3 is 6.03 Å². The van der Waals surface area contributed by atoms with Gasteiger partial charge in [-0.05, 0) is 36.8 Å². The minimum Gasteiger partial charge on any atom is -0.348 e. The molecule has 5 nitrogen and oxygen atoms in total. The second-order valence-electron chi connectivity index (χ2n) is 8.31. The number of hydrogen-bond donors (Lipinski definition) is 1. The minimum absolute atomic E-state index is 0.0308. The zero-order valence-electron chi connectivity index (χ0n) is 19.0. The molecule has 36 heavy (non-hydrogen) atoms. The number of anilines is 1. The second kappa shape index (κ2) is 9.77. The summed E-state index contributed by atoms with van der Waals surface area (Å²) in [7, 11) is 1.53. The van der Waals surface area contributed by atoms with Crippen LogP contribution < -0.4 is 10.2 Å². The van der Waals surface area contributed by atoms with E-state index in [9.17, 15) is 31.5 Å². The van der Waals surface area contributed by atoms with Crippen LogP contribution in [0.5, 0.6) is 0 Å². The zero-order chi connectivity index (χ0) is 26.3. The molecule has 0 aliphatic carbocycles. The number of hydrogen-bond acceptors (Lipinski definition) is 2. The molecule has 3 amide bonds. The van der Waals surface area contributed by atoms with Gasteiger partial charge in [-0.25, -0.2) is 26.7 Å². The predicted octanol–water partition coefficient (Wildman–Crippen LogP) is 6.10. The molecule has 0 bridgehead atoms. The number of carbonyl (C=O) groups is 2. The zero-order valence-corrected chi connectivity index (χ0v) is 19.8. The molecule has 1 aliphatic rings. The largest absolute Gasteiger partial charge is 0.348 e. The van der Waals surface area contributed by atoms with E-state index in [1.807, 2.05) is 0 Å². The number of halogens is 6. The summed E-state index contributed by atoms with van der Waals surface area (Å²) in [4.78, 5) is 28.3. The molecule has 1 heterocycles.